The van der Waals surface area contributed by atoms with Crippen LogP contribution in [0.3, 0.4) is 0 Å². The van der Waals surface area contributed by atoms with E-state index in [1.807, 2.05) is 20.9 Å². The first-order valence-corrected chi connectivity index (χ1v) is 3.67. The predicted molar refractivity (Wildman–Crippen MR) is 55.6 cm³/mol. The summed E-state index contributed by atoms with van der Waals surface area (Å²) in [5, 5.41) is 5.37. The summed E-state index contributed by atoms with van der Waals surface area (Å²) in [5.41, 5.74) is 1.10. The summed E-state index contributed by atoms with van der Waals surface area (Å²) in [7, 11) is 1.92. The van der Waals surface area contributed by atoms with Gasteiger partial charge in [0.05, 0.1) is 10.7 Å². The summed E-state index contributed by atoms with van der Waals surface area (Å²) in [5.74, 6) is 0. The number of hydrogen-bond acceptors (Lipinski definition) is 3. The van der Waals surface area contributed by atoms with Crippen molar-refractivity contribution in [3.05, 3.63) is 10.7 Å². The van der Waals surface area contributed by atoms with Crippen molar-refractivity contribution in [1.82, 2.24) is 4.98 Å². The summed E-state index contributed by atoms with van der Waals surface area (Å²) < 4.78 is 0. The number of thiazole rings is 1. The fourth-order valence-electron chi connectivity index (χ4n) is 0.763. The molecule has 1 rings (SSSR count). The lowest BCUT2D eigenvalue weighted by molar-refractivity contribution is 1.20. The Hall–Kier alpha value is 0.01000. The number of aromatic nitrogens is 1. The quantitative estimate of drug-likeness (QED) is 0.778. The number of anilines is 1. The summed E-state index contributed by atoms with van der Waals surface area (Å²) in [6, 6.07) is 0. The summed E-state index contributed by atoms with van der Waals surface area (Å²) in [4.78, 5) is 4.24. The van der Waals surface area contributed by atoms with Crippen LogP contribution in [0.15, 0.2) is 0 Å². The molecule has 0 fully saturated rings. The first-order chi connectivity index (χ1) is 4.24. The van der Waals surface area contributed by atoms with Gasteiger partial charge in [0.1, 0.15) is 5.00 Å². The number of aryl methyl sites for hydroxylation is 2. The monoisotopic (exact) mass is 214 g/mol. The van der Waals surface area contributed by atoms with Crippen LogP contribution in [0.2, 0.25) is 0 Å². The first-order valence-electron chi connectivity index (χ1n) is 2.86. The maximum absolute atomic E-state index is 4.24. The Morgan fingerprint density at radius 1 is 1.27 bits per heavy atom. The smallest absolute Gasteiger partial charge is 0.111 e. The number of nitrogens with one attached hydrogen (secondary N) is 1. The third-order valence-electron chi connectivity index (χ3n) is 1.13. The second-order valence-electron chi connectivity index (χ2n) is 1.90. The molecule has 1 N–H and O–H groups in total. The van der Waals surface area contributed by atoms with E-state index in [2.05, 4.69) is 10.3 Å². The van der Waals surface area contributed by atoms with Crippen LogP contribution < -0.4 is 5.32 Å². The topological polar surface area (TPSA) is 24.9 Å². The van der Waals surface area contributed by atoms with E-state index in [4.69, 9.17) is 0 Å². The molecule has 0 saturated heterocycles. The van der Waals surface area contributed by atoms with Gasteiger partial charge >= 0.3 is 0 Å². The highest BCUT2D eigenvalue weighted by molar-refractivity contribution is 7.15. The van der Waals surface area contributed by atoms with Crippen LogP contribution in [0.25, 0.3) is 0 Å². The molecule has 0 bridgehead atoms. The molecule has 0 atom stereocenters. The maximum Gasteiger partial charge on any atom is 0.111 e. The van der Waals surface area contributed by atoms with Crippen molar-refractivity contribution in [3.63, 3.8) is 0 Å². The zero-order valence-corrected chi connectivity index (χ0v) is 9.12. The van der Waals surface area contributed by atoms with E-state index in [0.717, 1.165) is 10.7 Å². The molecule has 5 heteroatoms. The summed E-state index contributed by atoms with van der Waals surface area (Å²) in [6.07, 6.45) is 0. The van der Waals surface area contributed by atoms with Gasteiger partial charge in [-0.3, -0.25) is 0 Å². The van der Waals surface area contributed by atoms with Gasteiger partial charge in [0.15, 0.2) is 0 Å². The van der Waals surface area contributed by atoms with Crippen molar-refractivity contribution in [2.24, 2.45) is 0 Å². The molecule has 11 heavy (non-hydrogen) atoms. The standard InChI is InChI=1S/C6H10N2S.2ClH/c1-4-6(7-3)9-5(2)8-4;;/h7H,1-3H3;2*1H. The van der Waals surface area contributed by atoms with Crippen molar-refractivity contribution < 1.29 is 0 Å². The van der Waals surface area contributed by atoms with Gasteiger partial charge < -0.3 is 5.32 Å². The minimum Gasteiger partial charge on any atom is -0.378 e. The average Bonchev–Trinajstić information content (AvgIpc) is 2.10. The van der Waals surface area contributed by atoms with Crippen LogP contribution >= 0.6 is 36.2 Å². The van der Waals surface area contributed by atoms with Crippen LogP contribution in [0.5, 0.6) is 0 Å². The Morgan fingerprint density at radius 3 is 2.00 bits per heavy atom. The minimum atomic E-state index is 0. The fourth-order valence-corrected chi connectivity index (χ4v) is 1.54. The fraction of sp³-hybridized carbons (Fsp3) is 0.500. The van der Waals surface area contributed by atoms with Gasteiger partial charge in [-0.25, -0.2) is 4.98 Å². The number of hydrogen-bond donors (Lipinski definition) is 1. The van der Waals surface area contributed by atoms with Crippen molar-refractivity contribution in [1.29, 1.82) is 0 Å². The Morgan fingerprint density at radius 2 is 1.82 bits per heavy atom. The average molecular weight is 215 g/mol. The molecule has 0 aromatic carbocycles. The Bertz CT molecular complexity index is 212. The normalized spacial score (nSPS) is 7.91. The maximum atomic E-state index is 4.24. The van der Waals surface area contributed by atoms with E-state index in [0.29, 0.717) is 0 Å². The largest absolute Gasteiger partial charge is 0.378 e. The third kappa shape index (κ3) is 3.27. The highest BCUT2D eigenvalue weighted by Gasteiger charge is 1.99. The molecular weight excluding hydrogens is 203 g/mol. The zero-order valence-electron chi connectivity index (χ0n) is 6.67. The molecule has 1 aromatic heterocycles. The van der Waals surface area contributed by atoms with Gasteiger partial charge in [-0.1, -0.05) is 0 Å². The number of rotatable bonds is 1. The lowest BCUT2D eigenvalue weighted by Crippen LogP contribution is -1.85. The second kappa shape index (κ2) is 5.63. The van der Waals surface area contributed by atoms with Gasteiger partial charge in [-0.15, -0.1) is 36.2 Å². The van der Waals surface area contributed by atoms with Crippen molar-refractivity contribution in [2.45, 2.75) is 13.8 Å². The van der Waals surface area contributed by atoms with Gasteiger partial charge in [0.25, 0.3) is 0 Å². The molecule has 1 heterocycles. The lowest BCUT2D eigenvalue weighted by Gasteiger charge is -1.90. The Labute approximate surface area is 83.2 Å². The van der Waals surface area contributed by atoms with Crippen LogP contribution in [0, 0.1) is 13.8 Å². The van der Waals surface area contributed by atoms with Gasteiger partial charge in [-0.2, -0.15) is 0 Å². The Balaban J connectivity index is 0. The van der Waals surface area contributed by atoms with E-state index in [-0.39, 0.29) is 24.8 Å². The molecule has 0 saturated carbocycles. The van der Waals surface area contributed by atoms with E-state index in [9.17, 15) is 0 Å². The molecule has 0 unspecified atom stereocenters. The third-order valence-corrected chi connectivity index (χ3v) is 2.22. The molecule has 0 amide bonds. The molecular formula is C6H12Cl2N2S. The van der Waals surface area contributed by atoms with E-state index in [1.165, 1.54) is 5.00 Å². The SMILES string of the molecule is CNc1sc(C)nc1C.Cl.Cl. The first kappa shape index (κ1) is 13.6. The molecule has 0 aliphatic heterocycles. The number of nitrogens with zero attached hydrogens (tertiary/aromatic N) is 1. The minimum absolute atomic E-state index is 0. The lowest BCUT2D eigenvalue weighted by atomic mass is 10.5. The zero-order chi connectivity index (χ0) is 6.85. The second-order valence-corrected chi connectivity index (χ2v) is 3.10. The molecule has 1 aromatic rings. The predicted octanol–water partition coefficient (Wildman–Crippen LogP) is 2.65. The van der Waals surface area contributed by atoms with Crippen LogP contribution in [0.4, 0.5) is 5.00 Å². The van der Waals surface area contributed by atoms with Gasteiger partial charge in [0.2, 0.25) is 0 Å². The van der Waals surface area contributed by atoms with Crippen LogP contribution in [-0.2, 0) is 0 Å². The Kier molecular flexibility index (Phi) is 6.96. The highest BCUT2D eigenvalue weighted by atomic mass is 35.5. The van der Waals surface area contributed by atoms with E-state index >= 15 is 0 Å². The van der Waals surface area contributed by atoms with E-state index in [1.54, 1.807) is 11.3 Å². The highest BCUT2D eigenvalue weighted by Crippen LogP contribution is 2.21. The van der Waals surface area contributed by atoms with Crippen LogP contribution in [-0.4, -0.2) is 12.0 Å². The van der Waals surface area contributed by atoms with Crippen molar-refractivity contribution >= 4 is 41.2 Å². The molecule has 0 aliphatic rings. The molecule has 0 radical (unpaired) electrons. The van der Waals surface area contributed by atoms with Crippen molar-refractivity contribution in [3.8, 4) is 0 Å². The van der Waals surface area contributed by atoms with Crippen LogP contribution in [0.1, 0.15) is 10.7 Å². The van der Waals surface area contributed by atoms with Gasteiger partial charge in [0, 0.05) is 7.05 Å². The molecule has 0 aliphatic carbocycles. The summed E-state index contributed by atoms with van der Waals surface area (Å²) in [6.45, 7) is 4.02. The van der Waals surface area contributed by atoms with Gasteiger partial charge in [-0.05, 0) is 13.8 Å². The van der Waals surface area contributed by atoms with Crippen molar-refractivity contribution in [2.75, 3.05) is 12.4 Å². The van der Waals surface area contributed by atoms with E-state index < -0.39 is 0 Å². The molecule has 2 nitrogen and oxygen atoms in total. The molecule has 66 valence electrons. The molecule has 0 spiro atoms. The summed E-state index contributed by atoms with van der Waals surface area (Å²) >= 11 is 1.69. The number of halogens is 2.